The van der Waals surface area contributed by atoms with Crippen molar-refractivity contribution in [3.63, 3.8) is 0 Å². The molecule has 1 fully saturated rings. The highest BCUT2D eigenvalue weighted by atomic mass is 35.5. The van der Waals surface area contributed by atoms with Crippen molar-refractivity contribution < 1.29 is 19.1 Å². The highest BCUT2D eigenvalue weighted by Gasteiger charge is 2.31. The molecule has 0 aromatic heterocycles. The smallest absolute Gasteiger partial charge is 0.276 e. The third-order valence-corrected chi connectivity index (χ3v) is 6.97. The van der Waals surface area contributed by atoms with Crippen molar-refractivity contribution in [2.45, 2.75) is 12.8 Å². The van der Waals surface area contributed by atoms with Crippen LogP contribution >= 0.6 is 70.4 Å². The summed E-state index contributed by atoms with van der Waals surface area (Å²) in [6, 6.07) is 9.57. The summed E-state index contributed by atoms with van der Waals surface area (Å²) < 4.78 is 5.68. The second-order valence-corrected chi connectivity index (χ2v) is 10.4. The van der Waals surface area contributed by atoms with Crippen molar-refractivity contribution in [3.8, 4) is 5.75 Å². The molecule has 2 aromatic carbocycles. The quantitative estimate of drug-likeness (QED) is 0.239. The zero-order valence-electron chi connectivity index (χ0n) is 17.8. The minimum atomic E-state index is -0.577. The molecule has 184 valence electrons. The van der Waals surface area contributed by atoms with E-state index < -0.39 is 11.8 Å². The normalized spacial score (nSPS) is 14.4. The predicted octanol–water partition coefficient (Wildman–Crippen LogP) is 5.51. The first-order chi connectivity index (χ1) is 16.6. The van der Waals surface area contributed by atoms with Crippen molar-refractivity contribution in [1.29, 1.82) is 0 Å². The van der Waals surface area contributed by atoms with Crippen LogP contribution in [0.1, 0.15) is 18.4 Å². The third kappa shape index (κ3) is 7.99. The molecule has 0 spiro atoms. The molecule has 0 saturated carbocycles. The van der Waals surface area contributed by atoms with E-state index in [2.05, 4.69) is 10.9 Å². The number of thioether (sulfide) groups is 1. The van der Waals surface area contributed by atoms with Crippen LogP contribution in [-0.4, -0.2) is 40.1 Å². The molecule has 3 amide bonds. The number of hydrogen-bond acceptors (Lipinski definition) is 6. The summed E-state index contributed by atoms with van der Waals surface area (Å²) in [5.74, 6) is -0.990. The van der Waals surface area contributed by atoms with Gasteiger partial charge in [-0.15, -0.1) is 0 Å². The first kappa shape index (κ1) is 27.6. The fourth-order valence-corrected chi connectivity index (χ4v) is 5.05. The van der Waals surface area contributed by atoms with E-state index in [-0.39, 0.29) is 36.3 Å². The molecule has 3 rings (SSSR count). The molecule has 0 radical (unpaired) electrons. The molecule has 7 nitrogen and oxygen atoms in total. The summed E-state index contributed by atoms with van der Waals surface area (Å²) in [7, 11) is 0. The van der Waals surface area contributed by atoms with Gasteiger partial charge in [-0.3, -0.25) is 30.1 Å². The van der Waals surface area contributed by atoms with Gasteiger partial charge >= 0.3 is 0 Å². The van der Waals surface area contributed by atoms with Crippen LogP contribution in [0.25, 0.3) is 6.08 Å². The van der Waals surface area contributed by atoms with Gasteiger partial charge in [-0.1, -0.05) is 76.4 Å². The molecular weight excluding hydrogens is 576 g/mol. The lowest BCUT2D eigenvalue weighted by molar-refractivity contribution is -0.130. The molecule has 1 aliphatic heterocycles. The summed E-state index contributed by atoms with van der Waals surface area (Å²) in [5.41, 5.74) is 5.19. The van der Waals surface area contributed by atoms with E-state index in [1.54, 1.807) is 30.3 Å². The van der Waals surface area contributed by atoms with Gasteiger partial charge in [-0.05, 0) is 48.4 Å². The number of halogens is 4. The monoisotopic (exact) mass is 591 g/mol. The van der Waals surface area contributed by atoms with Crippen LogP contribution in [-0.2, 0) is 14.4 Å². The molecule has 13 heteroatoms. The summed E-state index contributed by atoms with van der Waals surface area (Å²) in [6.45, 7) is -0.113. The zero-order chi connectivity index (χ0) is 25.5. The van der Waals surface area contributed by atoms with Crippen molar-refractivity contribution in [1.82, 2.24) is 15.8 Å². The van der Waals surface area contributed by atoms with E-state index in [0.29, 0.717) is 36.3 Å². The Labute approximate surface area is 231 Å². The summed E-state index contributed by atoms with van der Waals surface area (Å²) >= 11 is 30.3. The number of carbonyl (C=O) groups is 3. The van der Waals surface area contributed by atoms with Gasteiger partial charge in [0, 0.05) is 28.0 Å². The number of carbonyl (C=O) groups excluding carboxylic acids is 3. The number of rotatable bonds is 8. The van der Waals surface area contributed by atoms with Gasteiger partial charge in [0.15, 0.2) is 6.61 Å². The zero-order valence-corrected chi connectivity index (χ0v) is 22.4. The fourth-order valence-electron chi connectivity index (χ4n) is 2.82. The van der Waals surface area contributed by atoms with E-state index in [4.69, 9.17) is 63.4 Å². The first-order valence-corrected chi connectivity index (χ1v) is 12.7. The molecule has 0 unspecified atom stereocenters. The maximum absolute atomic E-state index is 12.7. The number of nitrogens with one attached hydrogen (secondary N) is 2. The second-order valence-electron chi connectivity index (χ2n) is 7.06. The molecule has 0 atom stereocenters. The Hall–Kier alpha value is -2.01. The molecule has 1 heterocycles. The molecule has 1 aliphatic rings. The van der Waals surface area contributed by atoms with Crippen molar-refractivity contribution >= 4 is 98.5 Å². The van der Waals surface area contributed by atoms with Gasteiger partial charge < -0.3 is 4.74 Å². The van der Waals surface area contributed by atoms with Crippen LogP contribution < -0.4 is 15.6 Å². The Morgan fingerprint density at radius 3 is 2.34 bits per heavy atom. The average molecular weight is 593 g/mol. The Balaban J connectivity index is 1.41. The molecule has 1 saturated heterocycles. The fraction of sp³-hybridized carbons (Fsp3) is 0.182. The second kappa shape index (κ2) is 12.8. The number of nitrogens with zero attached hydrogens (tertiary/aromatic N) is 1. The lowest BCUT2D eigenvalue weighted by Crippen LogP contribution is -2.44. The summed E-state index contributed by atoms with van der Waals surface area (Å²) in [4.78, 5) is 38.5. The van der Waals surface area contributed by atoms with Gasteiger partial charge in [-0.25, -0.2) is 0 Å². The topological polar surface area (TPSA) is 87.7 Å². The number of ether oxygens (including phenoxy) is 1. The summed E-state index contributed by atoms with van der Waals surface area (Å²) in [6.07, 6.45) is 2.04. The molecule has 2 aromatic rings. The first-order valence-electron chi connectivity index (χ1n) is 10.00. The minimum Gasteiger partial charge on any atom is -0.482 e. The van der Waals surface area contributed by atoms with E-state index in [9.17, 15) is 14.4 Å². The molecule has 2 N–H and O–H groups in total. The van der Waals surface area contributed by atoms with Crippen molar-refractivity contribution in [2.24, 2.45) is 0 Å². The highest BCUT2D eigenvalue weighted by Crippen LogP contribution is 2.34. The lowest BCUT2D eigenvalue weighted by Gasteiger charge is -2.14. The van der Waals surface area contributed by atoms with Gasteiger partial charge in [0.2, 0.25) is 5.91 Å². The van der Waals surface area contributed by atoms with Crippen LogP contribution in [0, 0.1) is 0 Å². The molecule has 35 heavy (non-hydrogen) atoms. The number of hydrazine groups is 1. The van der Waals surface area contributed by atoms with E-state index in [1.807, 2.05) is 0 Å². The van der Waals surface area contributed by atoms with Gasteiger partial charge in [0.05, 0.1) is 9.93 Å². The van der Waals surface area contributed by atoms with Gasteiger partial charge in [0.1, 0.15) is 10.1 Å². The Kier molecular flexibility index (Phi) is 10.1. The maximum atomic E-state index is 12.7. The van der Waals surface area contributed by atoms with E-state index in [1.165, 1.54) is 17.0 Å². The van der Waals surface area contributed by atoms with Gasteiger partial charge in [0.25, 0.3) is 11.8 Å². The van der Waals surface area contributed by atoms with Crippen LogP contribution in [0.5, 0.6) is 5.75 Å². The average Bonchev–Trinajstić information content (AvgIpc) is 3.06. The summed E-state index contributed by atoms with van der Waals surface area (Å²) in [5, 5.41) is 1.61. The maximum Gasteiger partial charge on any atom is 0.276 e. The minimum absolute atomic E-state index is 0.0588. The number of amides is 3. The largest absolute Gasteiger partial charge is 0.482 e. The van der Waals surface area contributed by atoms with Crippen LogP contribution in [0.4, 0.5) is 0 Å². The van der Waals surface area contributed by atoms with E-state index >= 15 is 0 Å². The van der Waals surface area contributed by atoms with E-state index in [0.717, 1.165) is 11.8 Å². The molecular formula is C22H17Cl4N3O4S2. The highest BCUT2D eigenvalue weighted by molar-refractivity contribution is 8.26. The number of thiocarbonyl (C=S) groups is 1. The van der Waals surface area contributed by atoms with Crippen LogP contribution in [0.2, 0.25) is 20.1 Å². The Bertz CT molecular complexity index is 1210. The van der Waals surface area contributed by atoms with Crippen LogP contribution in [0.15, 0.2) is 41.3 Å². The standard InChI is InChI=1S/C22H17Cl4N3O4S2/c23-13-4-3-12(15(25)9-13)8-18-21(32)29(22(34)35-18)7-1-2-19(30)27-28-20(31)11-33-17-6-5-14(24)10-16(17)26/h3-6,8-10H,1-2,7,11H2,(H,27,30)(H,28,31). The molecule has 0 aliphatic carbocycles. The van der Waals surface area contributed by atoms with Gasteiger partial charge in [-0.2, -0.15) is 0 Å². The Morgan fingerprint density at radius 1 is 1.00 bits per heavy atom. The predicted molar refractivity (Wildman–Crippen MR) is 144 cm³/mol. The van der Waals surface area contributed by atoms with Crippen molar-refractivity contribution in [3.05, 3.63) is 67.0 Å². The van der Waals surface area contributed by atoms with Crippen molar-refractivity contribution in [2.75, 3.05) is 13.2 Å². The van der Waals surface area contributed by atoms with Crippen LogP contribution in [0.3, 0.4) is 0 Å². The number of hydrogen-bond donors (Lipinski definition) is 2. The third-order valence-electron chi connectivity index (χ3n) is 4.50. The number of benzene rings is 2. The Morgan fingerprint density at radius 2 is 1.66 bits per heavy atom. The molecule has 0 bridgehead atoms. The SMILES string of the molecule is O=C(CCCN1C(=O)C(=Cc2ccc(Cl)cc2Cl)SC1=S)NNC(=O)COc1ccc(Cl)cc1Cl. The lowest BCUT2D eigenvalue weighted by atomic mass is 10.2.